The predicted octanol–water partition coefficient (Wildman–Crippen LogP) is 4.35. The zero-order valence-electron chi connectivity index (χ0n) is 18.2. The molecule has 2 aromatic rings. The van der Waals surface area contributed by atoms with Crippen molar-refractivity contribution in [1.82, 2.24) is 0 Å². The molecule has 3 rings (SSSR count). The highest BCUT2D eigenvalue weighted by Gasteiger charge is 2.59. The van der Waals surface area contributed by atoms with Crippen LogP contribution in [0.4, 0.5) is 0 Å². The first-order valence-electron chi connectivity index (χ1n) is 10.5. The number of methoxy groups -OCH3 is 1. The van der Waals surface area contributed by atoms with Crippen LogP contribution >= 0.6 is 0 Å². The van der Waals surface area contributed by atoms with Gasteiger partial charge in [0.2, 0.25) is 0 Å². The molecule has 1 aliphatic rings. The number of benzene rings is 2. The fourth-order valence-corrected chi connectivity index (χ4v) is 3.79. The number of hydrogen-bond acceptors (Lipinski definition) is 6. The van der Waals surface area contributed by atoms with Crippen molar-refractivity contribution < 1.29 is 29.2 Å². The maximum Gasteiger partial charge on any atom is 0.343 e. The number of esters is 1. The monoisotopic (exact) mass is 426 g/mol. The van der Waals surface area contributed by atoms with Crippen molar-refractivity contribution in [1.29, 1.82) is 0 Å². The van der Waals surface area contributed by atoms with Gasteiger partial charge in [0, 0.05) is 19.1 Å². The second-order valence-electron chi connectivity index (χ2n) is 8.11. The summed E-state index contributed by atoms with van der Waals surface area (Å²) in [6.07, 6.45) is 0.130. The quantitative estimate of drug-likeness (QED) is 0.334. The molecule has 6 nitrogen and oxygen atoms in total. The summed E-state index contributed by atoms with van der Waals surface area (Å²) in [6, 6.07) is 17.7. The molecule has 0 aliphatic carbocycles. The molecule has 0 amide bonds. The normalized spacial score (nSPS) is 22.9. The second-order valence-corrected chi connectivity index (χ2v) is 8.11. The Morgan fingerprint density at radius 3 is 2.19 bits per heavy atom. The zero-order chi connectivity index (χ0) is 22.4. The smallest absolute Gasteiger partial charge is 0.343 e. The van der Waals surface area contributed by atoms with E-state index in [0.29, 0.717) is 30.6 Å². The Morgan fingerprint density at radius 2 is 1.65 bits per heavy atom. The summed E-state index contributed by atoms with van der Waals surface area (Å²) in [6.45, 7) is 3.99. The summed E-state index contributed by atoms with van der Waals surface area (Å²) in [5.74, 6) is -0.358. The highest BCUT2D eigenvalue weighted by atomic mass is 16.6. The molecule has 0 saturated carbocycles. The first kappa shape index (κ1) is 23.0. The number of rotatable bonds is 10. The van der Waals surface area contributed by atoms with Gasteiger partial charge in [0.25, 0.3) is 0 Å². The van der Waals surface area contributed by atoms with Gasteiger partial charge in [-0.2, -0.15) is 0 Å². The van der Waals surface area contributed by atoms with E-state index in [1.807, 2.05) is 31.2 Å². The number of carbonyl (C=O) groups is 1. The van der Waals surface area contributed by atoms with Gasteiger partial charge in [0.1, 0.15) is 11.4 Å². The summed E-state index contributed by atoms with van der Waals surface area (Å²) in [5, 5.41) is 21.0. The van der Waals surface area contributed by atoms with E-state index in [0.717, 1.165) is 0 Å². The van der Waals surface area contributed by atoms with Crippen molar-refractivity contribution >= 4 is 11.7 Å². The van der Waals surface area contributed by atoms with Gasteiger partial charge in [-0.25, -0.2) is 4.79 Å². The van der Waals surface area contributed by atoms with Crippen molar-refractivity contribution in [3.05, 3.63) is 77.5 Å². The van der Waals surface area contributed by atoms with Gasteiger partial charge in [-0.05, 0) is 31.4 Å². The van der Waals surface area contributed by atoms with Crippen LogP contribution in [-0.4, -0.2) is 47.7 Å². The number of carbonyl (C=O) groups excluding carboxylic acids is 1. The minimum Gasteiger partial charge on any atom is -0.508 e. The largest absolute Gasteiger partial charge is 0.508 e. The summed E-state index contributed by atoms with van der Waals surface area (Å²) in [5.41, 5.74) is 0.339. The van der Waals surface area contributed by atoms with Crippen LogP contribution < -0.4 is 0 Å². The topological polar surface area (TPSA) is 88.5 Å². The average molecular weight is 427 g/mol. The lowest BCUT2D eigenvalue weighted by molar-refractivity contribution is 0.0305. The maximum atomic E-state index is 12.6. The Kier molecular flexibility index (Phi) is 7.49. The minimum atomic E-state index is -0.690. The molecular weight excluding hydrogens is 396 g/mol. The third kappa shape index (κ3) is 5.53. The third-order valence-corrected chi connectivity index (χ3v) is 5.59. The lowest BCUT2D eigenvalue weighted by Crippen LogP contribution is -2.35. The van der Waals surface area contributed by atoms with Gasteiger partial charge in [0.15, 0.2) is 5.76 Å². The number of allylic oxidation sites excluding steroid dienone is 1. The highest BCUT2D eigenvalue weighted by Crippen LogP contribution is 2.44. The Balaban J connectivity index is 1.74. The van der Waals surface area contributed by atoms with Crippen LogP contribution in [0.1, 0.15) is 42.6 Å². The summed E-state index contributed by atoms with van der Waals surface area (Å²) < 4.78 is 16.6. The van der Waals surface area contributed by atoms with E-state index in [2.05, 4.69) is 0 Å². The zero-order valence-corrected chi connectivity index (χ0v) is 18.2. The lowest BCUT2D eigenvalue weighted by atomic mass is 9.91. The van der Waals surface area contributed by atoms with Crippen LogP contribution in [0.3, 0.4) is 0 Å². The van der Waals surface area contributed by atoms with E-state index >= 15 is 0 Å². The van der Waals surface area contributed by atoms with E-state index in [1.54, 1.807) is 50.4 Å². The molecule has 1 saturated heterocycles. The summed E-state index contributed by atoms with van der Waals surface area (Å²) in [4.78, 5) is 12.6. The number of hydrogen-bond donors (Lipinski definition) is 2. The Hall–Kier alpha value is -2.67. The van der Waals surface area contributed by atoms with E-state index in [4.69, 9.17) is 14.2 Å². The maximum absolute atomic E-state index is 12.6. The lowest BCUT2D eigenvalue weighted by Gasteiger charge is -2.17. The number of ether oxygens (including phenoxy) is 3. The van der Waals surface area contributed by atoms with E-state index in [9.17, 15) is 15.0 Å². The van der Waals surface area contributed by atoms with Crippen LogP contribution in [0, 0.1) is 5.92 Å². The van der Waals surface area contributed by atoms with Crippen LogP contribution in [0.5, 0.6) is 0 Å². The van der Waals surface area contributed by atoms with Crippen molar-refractivity contribution in [2.45, 2.75) is 44.5 Å². The van der Waals surface area contributed by atoms with Crippen LogP contribution in [0.25, 0.3) is 5.76 Å². The first-order chi connectivity index (χ1) is 14.9. The number of epoxide rings is 1. The first-order valence-corrected chi connectivity index (χ1v) is 10.5. The van der Waals surface area contributed by atoms with Crippen molar-refractivity contribution in [2.75, 3.05) is 13.7 Å². The van der Waals surface area contributed by atoms with Crippen molar-refractivity contribution in [2.24, 2.45) is 5.92 Å². The third-order valence-electron chi connectivity index (χ3n) is 5.59. The second kappa shape index (κ2) is 10.1. The van der Waals surface area contributed by atoms with Gasteiger partial charge in [-0.1, -0.05) is 55.5 Å². The molecular formula is C25H30O6. The molecule has 2 aromatic carbocycles. The molecule has 31 heavy (non-hydrogen) atoms. The Labute approximate surface area is 183 Å². The van der Waals surface area contributed by atoms with Crippen molar-refractivity contribution in [3.8, 4) is 0 Å². The van der Waals surface area contributed by atoms with Crippen LogP contribution in [-0.2, 0) is 14.2 Å². The van der Waals surface area contributed by atoms with E-state index < -0.39 is 17.7 Å². The van der Waals surface area contributed by atoms with Crippen LogP contribution in [0.2, 0.25) is 0 Å². The highest BCUT2D eigenvalue weighted by molar-refractivity contribution is 5.93. The molecule has 166 valence electrons. The van der Waals surface area contributed by atoms with Gasteiger partial charge >= 0.3 is 5.97 Å². The molecule has 1 aliphatic heterocycles. The Bertz CT molecular complexity index is 893. The van der Waals surface area contributed by atoms with Gasteiger partial charge < -0.3 is 24.4 Å². The fraction of sp³-hybridized carbons (Fsp3) is 0.400. The molecule has 0 spiro atoms. The minimum absolute atomic E-state index is 0.00183. The molecule has 1 unspecified atom stereocenters. The van der Waals surface area contributed by atoms with Gasteiger partial charge in [-0.15, -0.1) is 0 Å². The molecule has 0 aromatic heterocycles. The summed E-state index contributed by atoms with van der Waals surface area (Å²) in [7, 11) is 1.58. The predicted molar refractivity (Wildman–Crippen MR) is 117 cm³/mol. The van der Waals surface area contributed by atoms with Gasteiger partial charge in [-0.3, -0.25) is 0 Å². The van der Waals surface area contributed by atoms with E-state index in [-0.39, 0.29) is 23.5 Å². The Morgan fingerprint density at radius 1 is 1.06 bits per heavy atom. The van der Waals surface area contributed by atoms with E-state index in [1.165, 1.54) is 0 Å². The van der Waals surface area contributed by atoms with Crippen molar-refractivity contribution in [3.63, 3.8) is 0 Å². The molecule has 1 fully saturated rings. The average Bonchev–Trinajstić information content (AvgIpc) is 3.46. The number of aliphatic hydroxyl groups is 2. The standard InChI is InChI=1S/C25H30O6/c1-17(15-22-25(31-22,16-29-3)18(2)26)14-21(27)23(19-10-6-4-7-11-19)30-24(28)20-12-8-5-9-13-20/h4-13,17-18,22,26-27H,14-16H2,1-3H3/b23-21+/t17?,18-,22+,25+/m1/s1. The SMILES string of the molecule is COC[C@@]1([C@@H](C)O)O[C@H]1CC(C)C/C(O)=C(\OC(=O)c1ccccc1)c1ccccc1. The van der Waals surface area contributed by atoms with Gasteiger partial charge in [0.05, 0.1) is 24.4 Å². The molecule has 6 heteroatoms. The van der Waals surface area contributed by atoms with Crippen LogP contribution in [0.15, 0.2) is 66.4 Å². The molecule has 0 radical (unpaired) electrons. The summed E-state index contributed by atoms with van der Waals surface area (Å²) >= 11 is 0. The molecule has 2 N–H and O–H groups in total. The number of aliphatic hydroxyl groups excluding tert-OH is 2. The molecule has 1 heterocycles. The molecule has 0 bridgehead atoms. The fourth-order valence-electron chi connectivity index (χ4n) is 3.79. The molecule has 4 atom stereocenters.